The number of nitrogens with zero attached hydrogens (tertiary/aromatic N) is 1. The maximum Gasteiger partial charge on any atom is 0.304 e. The Morgan fingerprint density at radius 1 is 0.950 bits per heavy atom. The third-order valence-electron chi connectivity index (χ3n) is 3.75. The Kier molecular flexibility index (Phi) is 11.1. The van der Waals surface area contributed by atoms with Crippen LogP contribution in [-0.4, -0.2) is 35.0 Å². The van der Waals surface area contributed by atoms with E-state index < -0.39 is 5.97 Å². The number of carboxylic acids is 1. The molecule has 4 heteroatoms. The summed E-state index contributed by atoms with van der Waals surface area (Å²) in [6, 6.07) is 0. The van der Waals surface area contributed by atoms with Gasteiger partial charge in [-0.25, -0.2) is 0 Å². The Hall–Kier alpha value is -1.06. The first-order valence-corrected chi connectivity index (χ1v) is 8.07. The molecule has 20 heavy (non-hydrogen) atoms. The van der Waals surface area contributed by atoms with Crippen molar-refractivity contribution in [1.29, 1.82) is 0 Å². The fourth-order valence-corrected chi connectivity index (χ4v) is 2.49. The van der Waals surface area contributed by atoms with Crippen LogP contribution < -0.4 is 0 Å². The molecule has 0 aromatic carbocycles. The van der Waals surface area contributed by atoms with Gasteiger partial charge in [0.1, 0.15) is 0 Å². The van der Waals surface area contributed by atoms with Crippen LogP contribution in [0.15, 0.2) is 0 Å². The van der Waals surface area contributed by atoms with E-state index in [0.29, 0.717) is 19.5 Å². The lowest BCUT2D eigenvalue weighted by atomic mass is 9.95. The normalized spacial score (nSPS) is 12.2. The maximum absolute atomic E-state index is 12.3. The monoisotopic (exact) mass is 285 g/mol. The highest BCUT2D eigenvalue weighted by atomic mass is 16.4. The van der Waals surface area contributed by atoms with Crippen molar-refractivity contribution in [2.75, 3.05) is 13.1 Å². The molecule has 0 aromatic rings. The minimum absolute atomic E-state index is 0.00552. The molecule has 118 valence electrons. The van der Waals surface area contributed by atoms with Crippen LogP contribution in [0.5, 0.6) is 0 Å². The Labute approximate surface area is 123 Å². The average Bonchev–Trinajstić information content (AvgIpc) is 2.42. The topological polar surface area (TPSA) is 57.6 Å². The molecular formula is C16H31NO3. The molecular weight excluding hydrogens is 254 g/mol. The highest BCUT2D eigenvalue weighted by Gasteiger charge is 2.24. The van der Waals surface area contributed by atoms with Crippen molar-refractivity contribution in [3.05, 3.63) is 0 Å². The fourth-order valence-electron chi connectivity index (χ4n) is 2.49. The lowest BCUT2D eigenvalue weighted by molar-refractivity contribution is -0.144. The summed E-state index contributed by atoms with van der Waals surface area (Å²) in [4.78, 5) is 24.9. The Bertz CT molecular complexity index is 275. The predicted molar refractivity (Wildman–Crippen MR) is 81.7 cm³/mol. The molecule has 0 aliphatic rings. The van der Waals surface area contributed by atoms with Crippen LogP contribution >= 0.6 is 0 Å². The molecule has 0 aliphatic heterocycles. The summed E-state index contributed by atoms with van der Waals surface area (Å²) >= 11 is 0. The van der Waals surface area contributed by atoms with Gasteiger partial charge in [0.05, 0.1) is 6.42 Å². The zero-order valence-electron chi connectivity index (χ0n) is 13.4. The van der Waals surface area contributed by atoms with Crippen molar-refractivity contribution in [1.82, 2.24) is 4.90 Å². The van der Waals surface area contributed by atoms with Gasteiger partial charge in [-0.1, -0.05) is 45.4 Å². The van der Waals surface area contributed by atoms with Crippen molar-refractivity contribution < 1.29 is 14.7 Å². The number of carbonyl (C=O) groups is 2. The molecule has 1 atom stereocenters. The second-order valence-electron chi connectivity index (χ2n) is 5.36. The number of carboxylic acid groups (broad SMARTS) is 1. The fraction of sp³-hybridized carbons (Fsp3) is 0.875. The van der Waals surface area contributed by atoms with Crippen molar-refractivity contribution in [3.63, 3.8) is 0 Å². The van der Waals surface area contributed by atoms with E-state index in [9.17, 15) is 9.59 Å². The van der Waals surface area contributed by atoms with Crippen LogP contribution in [0, 0.1) is 5.92 Å². The molecule has 0 aliphatic carbocycles. The molecule has 0 fully saturated rings. The Balaban J connectivity index is 4.21. The minimum Gasteiger partial charge on any atom is -0.481 e. The van der Waals surface area contributed by atoms with Crippen LogP contribution in [0.2, 0.25) is 0 Å². The van der Waals surface area contributed by atoms with Crippen LogP contribution in [0.1, 0.15) is 72.1 Å². The molecule has 0 aromatic heterocycles. The first-order chi connectivity index (χ1) is 9.56. The van der Waals surface area contributed by atoms with E-state index in [4.69, 9.17) is 5.11 Å². The van der Waals surface area contributed by atoms with Gasteiger partial charge >= 0.3 is 5.97 Å². The van der Waals surface area contributed by atoms with E-state index in [0.717, 1.165) is 12.8 Å². The van der Waals surface area contributed by atoms with E-state index >= 15 is 0 Å². The number of aliphatic carboxylic acids is 1. The largest absolute Gasteiger partial charge is 0.481 e. The summed E-state index contributed by atoms with van der Waals surface area (Å²) in [5.74, 6) is -1.22. The first-order valence-electron chi connectivity index (χ1n) is 8.07. The highest BCUT2D eigenvalue weighted by Crippen LogP contribution is 2.18. The maximum atomic E-state index is 12.3. The van der Waals surface area contributed by atoms with Gasteiger partial charge in [0.25, 0.3) is 0 Å². The zero-order chi connectivity index (χ0) is 15.4. The van der Waals surface area contributed by atoms with Gasteiger partial charge in [0.15, 0.2) is 0 Å². The molecule has 0 bridgehead atoms. The van der Waals surface area contributed by atoms with Crippen LogP contribution in [-0.2, 0) is 9.59 Å². The van der Waals surface area contributed by atoms with E-state index in [1.165, 1.54) is 25.7 Å². The van der Waals surface area contributed by atoms with Crippen LogP contribution in [0.3, 0.4) is 0 Å². The van der Waals surface area contributed by atoms with Crippen molar-refractivity contribution in [3.8, 4) is 0 Å². The second-order valence-corrected chi connectivity index (χ2v) is 5.36. The lowest BCUT2D eigenvalue weighted by Gasteiger charge is -2.24. The molecule has 0 saturated heterocycles. The summed E-state index contributed by atoms with van der Waals surface area (Å²) in [5.41, 5.74) is 0. The predicted octanol–water partition coefficient (Wildman–Crippen LogP) is 3.70. The summed E-state index contributed by atoms with van der Waals surface area (Å²) in [5, 5.41) is 8.96. The molecule has 0 saturated carbocycles. The van der Waals surface area contributed by atoms with Gasteiger partial charge in [-0.2, -0.15) is 0 Å². The van der Waals surface area contributed by atoms with Crippen LogP contribution in [0.4, 0.5) is 0 Å². The van der Waals surface area contributed by atoms with Gasteiger partial charge in [-0.15, -0.1) is 0 Å². The Morgan fingerprint density at radius 3 is 2.00 bits per heavy atom. The van der Waals surface area contributed by atoms with E-state index in [-0.39, 0.29) is 18.2 Å². The standard InChI is InChI=1S/C16H31NO3/c1-4-7-8-9-10-11-12-14(13-15(18)19)16(20)17(5-2)6-3/h14H,4-13H2,1-3H3,(H,18,19). The molecule has 1 unspecified atom stereocenters. The van der Waals surface area contributed by atoms with Gasteiger partial charge in [-0.3, -0.25) is 9.59 Å². The number of hydrogen-bond donors (Lipinski definition) is 1. The Morgan fingerprint density at radius 2 is 1.50 bits per heavy atom. The minimum atomic E-state index is -0.874. The average molecular weight is 285 g/mol. The van der Waals surface area contributed by atoms with Gasteiger partial charge in [-0.05, 0) is 20.3 Å². The number of carbonyl (C=O) groups excluding carboxylic acids is 1. The third-order valence-corrected chi connectivity index (χ3v) is 3.75. The highest BCUT2D eigenvalue weighted by molar-refractivity contribution is 5.83. The lowest BCUT2D eigenvalue weighted by Crippen LogP contribution is -2.36. The van der Waals surface area contributed by atoms with Gasteiger partial charge in [0, 0.05) is 19.0 Å². The second kappa shape index (κ2) is 11.7. The quantitative estimate of drug-likeness (QED) is 0.556. The van der Waals surface area contributed by atoms with E-state index in [2.05, 4.69) is 6.92 Å². The zero-order valence-corrected chi connectivity index (χ0v) is 13.4. The van der Waals surface area contributed by atoms with E-state index in [1.54, 1.807) is 4.90 Å². The number of unbranched alkanes of at least 4 members (excludes halogenated alkanes) is 5. The number of amides is 1. The van der Waals surface area contributed by atoms with E-state index in [1.807, 2.05) is 13.8 Å². The summed E-state index contributed by atoms with van der Waals surface area (Å²) in [6.45, 7) is 7.36. The van der Waals surface area contributed by atoms with Crippen molar-refractivity contribution >= 4 is 11.9 Å². The molecule has 0 radical (unpaired) electrons. The molecule has 0 spiro atoms. The number of hydrogen-bond acceptors (Lipinski definition) is 2. The summed E-state index contributed by atoms with van der Waals surface area (Å²) < 4.78 is 0. The summed E-state index contributed by atoms with van der Waals surface area (Å²) in [7, 11) is 0. The smallest absolute Gasteiger partial charge is 0.304 e. The molecule has 1 N–H and O–H groups in total. The number of rotatable bonds is 12. The third kappa shape index (κ3) is 8.18. The molecule has 0 heterocycles. The van der Waals surface area contributed by atoms with Gasteiger partial charge < -0.3 is 10.0 Å². The molecule has 4 nitrogen and oxygen atoms in total. The summed E-state index contributed by atoms with van der Waals surface area (Å²) in [6.07, 6.45) is 7.63. The van der Waals surface area contributed by atoms with Crippen LogP contribution in [0.25, 0.3) is 0 Å². The SMILES string of the molecule is CCCCCCCCC(CC(=O)O)C(=O)N(CC)CC. The molecule has 1 amide bonds. The first kappa shape index (κ1) is 18.9. The van der Waals surface area contributed by atoms with Crippen molar-refractivity contribution in [2.24, 2.45) is 5.92 Å². The van der Waals surface area contributed by atoms with Crippen molar-refractivity contribution in [2.45, 2.75) is 72.1 Å². The molecule has 0 rings (SSSR count). The van der Waals surface area contributed by atoms with Gasteiger partial charge in [0.2, 0.25) is 5.91 Å².